The van der Waals surface area contributed by atoms with E-state index < -0.39 is 0 Å². The number of rotatable bonds is 7. The molecule has 0 radical (unpaired) electrons. The maximum atomic E-state index is 11.4. The van der Waals surface area contributed by atoms with E-state index >= 15 is 0 Å². The quantitative estimate of drug-likeness (QED) is 0.493. The van der Waals surface area contributed by atoms with Crippen LogP contribution in [0.15, 0.2) is 11.8 Å². The number of carbonyl (C=O) groups is 2. The third-order valence-electron chi connectivity index (χ3n) is 2.67. The van der Waals surface area contributed by atoms with Crippen LogP contribution in [0.5, 0.6) is 0 Å². The summed E-state index contributed by atoms with van der Waals surface area (Å²) < 4.78 is 5.09. The van der Waals surface area contributed by atoms with Gasteiger partial charge in [0, 0.05) is 25.3 Å². The second-order valence-electron chi connectivity index (χ2n) is 4.22. The fourth-order valence-corrected chi connectivity index (χ4v) is 1.72. The van der Waals surface area contributed by atoms with Gasteiger partial charge in [0.2, 0.25) is 0 Å². The van der Waals surface area contributed by atoms with Crippen LogP contribution in [-0.4, -0.2) is 11.8 Å². The lowest BCUT2D eigenvalue weighted by Crippen LogP contribution is -2.02. The molecule has 0 N–H and O–H groups in total. The first-order chi connectivity index (χ1) is 7.72. The van der Waals surface area contributed by atoms with Crippen LogP contribution < -0.4 is 0 Å². The van der Waals surface area contributed by atoms with E-state index in [1.165, 1.54) is 25.3 Å². The SMILES string of the molecule is CCCCCCCC(=O)OC1=CC(=O)CC1. The predicted molar refractivity (Wildman–Crippen MR) is 61.8 cm³/mol. The fraction of sp³-hybridized carbons (Fsp3) is 0.692. The van der Waals surface area contributed by atoms with Gasteiger partial charge < -0.3 is 4.74 Å². The topological polar surface area (TPSA) is 43.4 Å². The first-order valence-corrected chi connectivity index (χ1v) is 6.16. The van der Waals surface area contributed by atoms with Crippen LogP contribution in [0.3, 0.4) is 0 Å². The molecule has 3 nitrogen and oxygen atoms in total. The van der Waals surface area contributed by atoms with Gasteiger partial charge in [-0.3, -0.25) is 9.59 Å². The predicted octanol–water partition coefficient (Wildman–Crippen LogP) is 3.14. The highest BCUT2D eigenvalue weighted by Crippen LogP contribution is 2.17. The van der Waals surface area contributed by atoms with Crippen molar-refractivity contribution in [2.75, 3.05) is 0 Å². The van der Waals surface area contributed by atoms with Gasteiger partial charge in [-0.1, -0.05) is 32.6 Å². The summed E-state index contributed by atoms with van der Waals surface area (Å²) in [6, 6.07) is 0. The standard InChI is InChI=1S/C13H20O3/c1-2-3-4-5-6-7-13(15)16-12-9-8-11(14)10-12/h10H,2-9H2,1H3. The monoisotopic (exact) mass is 224 g/mol. The molecule has 0 unspecified atom stereocenters. The van der Waals surface area contributed by atoms with Crippen molar-refractivity contribution in [2.45, 2.75) is 58.3 Å². The zero-order valence-electron chi connectivity index (χ0n) is 9.96. The Morgan fingerprint density at radius 3 is 2.62 bits per heavy atom. The molecule has 0 fully saturated rings. The molecular formula is C13H20O3. The van der Waals surface area contributed by atoms with Crippen LogP contribution >= 0.6 is 0 Å². The van der Waals surface area contributed by atoms with Crippen LogP contribution in [0, 0.1) is 0 Å². The van der Waals surface area contributed by atoms with Crippen LogP contribution in [0.25, 0.3) is 0 Å². The molecule has 0 aliphatic heterocycles. The number of hydrogen-bond acceptors (Lipinski definition) is 3. The Balaban J connectivity index is 2.07. The number of unbranched alkanes of at least 4 members (excludes halogenated alkanes) is 4. The minimum Gasteiger partial charge on any atom is -0.431 e. The molecule has 1 aliphatic carbocycles. The second-order valence-corrected chi connectivity index (χ2v) is 4.22. The van der Waals surface area contributed by atoms with Crippen molar-refractivity contribution in [2.24, 2.45) is 0 Å². The van der Waals surface area contributed by atoms with E-state index in [-0.39, 0.29) is 11.8 Å². The van der Waals surface area contributed by atoms with Crippen molar-refractivity contribution in [3.63, 3.8) is 0 Å². The van der Waals surface area contributed by atoms with E-state index in [4.69, 9.17) is 4.74 Å². The van der Waals surface area contributed by atoms with Crippen molar-refractivity contribution in [3.8, 4) is 0 Å². The molecule has 0 heterocycles. The van der Waals surface area contributed by atoms with Gasteiger partial charge in [-0.05, 0) is 6.42 Å². The van der Waals surface area contributed by atoms with Crippen molar-refractivity contribution >= 4 is 11.8 Å². The summed E-state index contributed by atoms with van der Waals surface area (Å²) in [5.41, 5.74) is 0. The highest BCUT2D eigenvalue weighted by Gasteiger charge is 2.15. The minimum atomic E-state index is -0.197. The number of carbonyl (C=O) groups excluding carboxylic acids is 2. The summed E-state index contributed by atoms with van der Waals surface area (Å²) in [6.45, 7) is 2.16. The zero-order valence-corrected chi connectivity index (χ0v) is 9.96. The molecule has 0 aromatic heterocycles. The zero-order chi connectivity index (χ0) is 11.8. The first-order valence-electron chi connectivity index (χ1n) is 6.16. The molecular weight excluding hydrogens is 204 g/mol. The average Bonchev–Trinajstić information content (AvgIpc) is 2.63. The molecule has 1 aliphatic rings. The largest absolute Gasteiger partial charge is 0.431 e. The molecule has 0 saturated carbocycles. The number of ether oxygens (including phenoxy) is 1. The van der Waals surface area contributed by atoms with Gasteiger partial charge in [0.05, 0.1) is 0 Å². The summed E-state index contributed by atoms with van der Waals surface area (Å²) in [5.74, 6) is 0.409. The molecule has 1 rings (SSSR count). The van der Waals surface area contributed by atoms with E-state index in [1.807, 2.05) is 0 Å². The Hall–Kier alpha value is -1.12. The van der Waals surface area contributed by atoms with Gasteiger partial charge in [0.15, 0.2) is 5.78 Å². The normalized spacial score (nSPS) is 15.1. The van der Waals surface area contributed by atoms with Gasteiger partial charge in [0.1, 0.15) is 5.76 Å². The van der Waals surface area contributed by atoms with Gasteiger partial charge in [0.25, 0.3) is 0 Å². The number of esters is 1. The fourth-order valence-electron chi connectivity index (χ4n) is 1.72. The van der Waals surface area contributed by atoms with Crippen LogP contribution in [0.1, 0.15) is 58.3 Å². The first kappa shape index (κ1) is 12.9. The Kier molecular flexibility index (Phi) is 5.83. The van der Waals surface area contributed by atoms with E-state index in [0.717, 1.165) is 12.8 Å². The van der Waals surface area contributed by atoms with Gasteiger partial charge in [-0.2, -0.15) is 0 Å². The van der Waals surface area contributed by atoms with Crippen LogP contribution in [0.2, 0.25) is 0 Å². The molecule has 0 aromatic rings. The third kappa shape index (κ3) is 5.10. The van der Waals surface area contributed by atoms with Crippen molar-refractivity contribution in [3.05, 3.63) is 11.8 Å². The lowest BCUT2D eigenvalue weighted by atomic mass is 10.1. The van der Waals surface area contributed by atoms with E-state index in [1.54, 1.807) is 0 Å². The molecule has 0 saturated heterocycles. The summed E-state index contributed by atoms with van der Waals surface area (Å²) in [4.78, 5) is 22.3. The summed E-state index contributed by atoms with van der Waals surface area (Å²) >= 11 is 0. The molecule has 16 heavy (non-hydrogen) atoms. The Morgan fingerprint density at radius 2 is 2.00 bits per heavy atom. The van der Waals surface area contributed by atoms with E-state index in [2.05, 4.69) is 6.92 Å². The molecule has 0 atom stereocenters. The Labute approximate surface area is 96.9 Å². The van der Waals surface area contributed by atoms with Crippen molar-refractivity contribution in [1.29, 1.82) is 0 Å². The minimum absolute atomic E-state index is 0.0609. The Morgan fingerprint density at radius 1 is 1.25 bits per heavy atom. The average molecular weight is 224 g/mol. The maximum Gasteiger partial charge on any atom is 0.310 e. The number of ketones is 1. The molecule has 0 amide bonds. The number of allylic oxidation sites excluding steroid dienone is 2. The van der Waals surface area contributed by atoms with Crippen LogP contribution in [0.4, 0.5) is 0 Å². The molecule has 90 valence electrons. The summed E-state index contributed by atoms with van der Waals surface area (Å²) in [6.07, 6.45) is 8.57. The highest BCUT2D eigenvalue weighted by molar-refractivity contribution is 5.93. The second kappa shape index (κ2) is 7.20. The number of hydrogen-bond donors (Lipinski definition) is 0. The summed E-state index contributed by atoms with van der Waals surface area (Å²) in [5, 5.41) is 0. The summed E-state index contributed by atoms with van der Waals surface area (Å²) in [7, 11) is 0. The molecule has 0 aromatic carbocycles. The molecule has 3 heteroatoms. The highest BCUT2D eigenvalue weighted by atomic mass is 16.5. The lowest BCUT2D eigenvalue weighted by molar-refractivity contribution is -0.139. The van der Waals surface area contributed by atoms with E-state index in [9.17, 15) is 9.59 Å². The maximum absolute atomic E-state index is 11.4. The molecule has 0 bridgehead atoms. The van der Waals surface area contributed by atoms with Gasteiger partial charge >= 0.3 is 5.97 Å². The smallest absolute Gasteiger partial charge is 0.310 e. The van der Waals surface area contributed by atoms with Gasteiger partial charge in [-0.25, -0.2) is 0 Å². The lowest BCUT2D eigenvalue weighted by Gasteiger charge is -2.03. The molecule has 0 spiro atoms. The third-order valence-corrected chi connectivity index (χ3v) is 2.67. The van der Waals surface area contributed by atoms with Crippen molar-refractivity contribution < 1.29 is 14.3 Å². The van der Waals surface area contributed by atoms with Crippen LogP contribution in [-0.2, 0) is 14.3 Å². The van der Waals surface area contributed by atoms with Gasteiger partial charge in [-0.15, -0.1) is 0 Å². The van der Waals surface area contributed by atoms with Crippen molar-refractivity contribution in [1.82, 2.24) is 0 Å². The van der Waals surface area contributed by atoms with E-state index in [0.29, 0.717) is 25.0 Å². The Bertz CT molecular complexity index is 279.